The van der Waals surface area contributed by atoms with Crippen LogP contribution in [-0.4, -0.2) is 15.1 Å². The van der Waals surface area contributed by atoms with Crippen LogP contribution in [0.3, 0.4) is 0 Å². The molecule has 3 aromatic heterocycles. The zero-order chi connectivity index (χ0) is 16.5. The average Bonchev–Trinajstić information content (AvgIpc) is 2.98. The number of benzene rings is 1. The van der Waals surface area contributed by atoms with Crippen molar-refractivity contribution in [3.63, 3.8) is 0 Å². The lowest BCUT2D eigenvalue weighted by Gasteiger charge is -2.04. The lowest BCUT2D eigenvalue weighted by molar-refractivity contribution is 0.432. The van der Waals surface area contributed by atoms with Gasteiger partial charge in [-0.1, -0.05) is 28.9 Å². The number of fused-ring (bicyclic) bond motifs is 1. The SMILES string of the molecule is Fc1ccccc1-c1noc2nc(Oc3cncc(Cl)c3)ccc12. The highest BCUT2D eigenvalue weighted by Gasteiger charge is 2.15. The number of hydrogen-bond donors (Lipinski definition) is 0. The smallest absolute Gasteiger partial charge is 0.261 e. The van der Waals surface area contributed by atoms with Gasteiger partial charge in [0.25, 0.3) is 5.71 Å². The minimum atomic E-state index is -0.377. The first-order chi connectivity index (χ1) is 11.7. The molecule has 0 aliphatic heterocycles. The summed E-state index contributed by atoms with van der Waals surface area (Å²) < 4.78 is 24.7. The predicted molar refractivity (Wildman–Crippen MR) is 86.5 cm³/mol. The number of hydrogen-bond acceptors (Lipinski definition) is 5. The van der Waals surface area contributed by atoms with Gasteiger partial charge in [0, 0.05) is 23.9 Å². The Labute approximate surface area is 140 Å². The molecule has 24 heavy (non-hydrogen) atoms. The summed E-state index contributed by atoms with van der Waals surface area (Å²) in [4.78, 5) is 8.17. The van der Waals surface area contributed by atoms with Crippen molar-refractivity contribution in [3.05, 3.63) is 65.7 Å². The first-order valence-corrected chi connectivity index (χ1v) is 7.38. The van der Waals surface area contributed by atoms with Crippen LogP contribution in [-0.2, 0) is 0 Å². The monoisotopic (exact) mass is 341 g/mol. The van der Waals surface area contributed by atoms with Crippen LogP contribution in [0.2, 0.25) is 5.02 Å². The molecule has 3 heterocycles. The molecule has 0 bridgehead atoms. The van der Waals surface area contributed by atoms with E-state index in [2.05, 4.69) is 15.1 Å². The number of aromatic nitrogens is 3. The van der Waals surface area contributed by atoms with Gasteiger partial charge >= 0.3 is 0 Å². The molecular formula is C17H9ClFN3O2. The van der Waals surface area contributed by atoms with Crippen molar-refractivity contribution in [2.24, 2.45) is 0 Å². The summed E-state index contributed by atoms with van der Waals surface area (Å²) in [5.41, 5.74) is 0.998. The second-order valence-corrected chi connectivity index (χ2v) is 5.39. The van der Waals surface area contributed by atoms with Crippen molar-refractivity contribution >= 4 is 22.7 Å². The van der Waals surface area contributed by atoms with Crippen LogP contribution in [0.25, 0.3) is 22.4 Å². The number of nitrogens with zero attached hydrogens (tertiary/aromatic N) is 3. The molecule has 0 saturated carbocycles. The molecule has 7 heteroatoms. The molecule has 118 valence electrons. The third-order valence-corrected chi connectivity index (χ3v) is 3.55. The largest absolute Gasteiger partial charge is 0.437 e. The van der Waals surface area contributed by atoms with Crippen molar-refractivity contribution < 1.29 is 13.7 Å². The van der Waals surface area contributed by atoms with E-state index in [-0.39, 0.29) is 11.5 Å². The van der Waals surface area contributed by atoms with Crippen molar-refractivity contribution in [1.29, 1.82) is 0 Å². The lowest BCUT2D eigenvalue weighted by Crippen LogP contribution is -1.89. The zero-order valence-corrected chi connectivity index (χ0v) is 12.9. The van der Waals surface area contributed by atoms with Crippen LogP contribution in [0.1, 0.15) is 0 Å². The number of rotatable bonds is 3. The molecule has 0 atom stereocenters. The normalized spacial score (nSPS) is 10.9. The van der Waals surface area contributed by atoms with Gasteiger partial charge in [-0.3, -0.25) is 4.98 Å². The number of ether oxygens (including phenoxy) is 1. The molecule has 5 nitrogen and oxygen atoms in total. The average molecular weight is 342 g/mol. The van der Waals surface area contributed by atoms with E-state index >= 15 is 0 Å². The molecule has 0 radical (unpaired) electrons. The van der Waals surface area contributed by atoms with Gasteiger partial charge in [0.2, 0.25) is 5.88 Å². The topological polar surface area (TPSA) is 61.0 Å². The summed E-state index contributed by atoms with van der Waals surface area (Å²) in [6.45, 7) is 0. The molecule has 0 N–H and O–H groups in total. The molecule has 0 amide bonds. The molecule has 0 aliphatic carbocycles. The minimum Gasteiger partial charge on any atom is -0.437 e. The molecule has 1 aromatic carbocycles. The highest BCUT2D eigenvalue weighted by Crippen LogP contribution is 2.31. The van der Waals surface area contributed by atoms with Gasteiger partial charge in [0.15, 0.2) is 0 Å². The fourth-order valence-corrected chi connectivity index (χ4v) is 2.45. The lowest BCUT2D eigenvalue weighted by atomic mass is 10.1. The maximum Gasteiger partial charge on any atom is 0.261 e. The van der Waals surface area contributed by atoms with E-state index in [0.717, 1.165) is 0 Å². The van der Waals surface area contributed by atoms with Crippen LogP contribution in [0.4, 0.5) is 4.39 Å². The van der Waals surface area contributed by atoms with E-state index in [4.69, 9.17) is 20.9 Å². The van der Waals surface area contributed by atoms with E-state index in [9.17, 15) is 4.39 Å². The molecular weight excluding hydrogens is 333 g/mol. The fourth-order valence-electron chi connectivity index (χ4n) is 2.28. The van der Waals surface area contributed by atoms with Gasteiger partial charge in [0.1, 0.15) is 17.3 Å². The Bertz CT molecular complexity index is 1040. The van der Waals surface area contributed by atoms with Crippen molar-refractivity contribution in [1.82, 2.24) is 15.1 Å². The van der Waals surface area contributed by atoms with Crippen molar-refractivity contribution in [2.75, 3.05) is 0 Å². The zero-order valence-electron chi connectivity index (χ0n) is 12.1. The highest BCUT2D eigenvalue weighted by atomic mass is 35.5. The second kappa shape index (κ2) is 5.90. The van der Waals surface area contributed by atoms with E-state index < -0.39 is 0 Å². The van der Waals surface area contributed by atoms with Crippen LogP contribution in [0.5, 0.6) is 11.6 Å². The highest BCUT2D eigenvalue weighted by molar-refractivity contribution is 6.30. The summed E-state index contributed by atoms with van der Waals surface area (Å²) >= 11 is 5.87. The Morgan fingerprint density at radius 1 is 1.08 bits per heavy atom. The minimum absolute atomic E-state index is 0.251. The maximum absolute atomic E-state index is 13.9. The molecule has 0 unspecified atom stereocenters. The predicted octanol–water partition coefficient (Wildman–Crippen LogP) is 4.87. The van der Waals surface area contributed by atoms with E-state index in [0.29, 0.717) is 33.3 Å². The molecule has 0 aliphatic rings. The van der Waals surface area contributed by atoms with Crippen molar-refractivity contribution in [2.45, 2.75) is 0 Å². The molecule has 0 fully saturated rings. The van der Waals surface area contributed by atoms with Gasteiger partial charge in [-0.15, -0.1) is 0 Å². The van der Waals surface area contributed by atoms with Crippen LogP contribution >= 0.6 is 11.6 Å². The van der Waals surface area contributed by atoms with Gasteiger partial charge in [-0.2, -0.15) is 4.98 Å². The third-order valence-electron chi connectivity index (χ3n) is 3.34. The van der Waals surface area contributed by atoms with E-state index in [1.54, 1.807) is 36.4 Å². The Balaban J connectivity index is 1.72. The Morgan fingerprint density at radius 2 is 1.96 bits per heavy atom. The van der Waals surface area contributed by atoms with Gasteiger partial charge in [-0.25, -0.2) is 4.39 Å². The Morgan fingerprint density at radius 3 is 2.79 bits per heavy atom. The van der Waals surface area contributed by atoms with Gasteiger partial charge < -0.3 is 9.26 Å². The summed E-state index contributed by atoms with van der Waals surface area (Å²) in [7, 11) is 0. The fraction of sp³-hybridized carbons (Fsp3) is 0. The standard InChI is InChI=1S/C17H9ClFN3O2/c18-10-7-11(9-20-8-10)23-15-6-5-13-16(22-24-17(13)21-15)12-3-1-2-4-14(12)19/h1-9H. The van der Waals surface area contributed by atoms with Crippen molar-refractivity contribution in [3.8, 4) is 22.9 Å². The first-order valence-electron chi connectivity index (χ1n) is 7.00. The summed E-state index contributed by atoms with van der Waals surface area (Å²) in [6.07, 6.45) is 3.02. The van der Waals surface area contributed by atoms with Crippen LogP contribution in [0.15, 0.2) is 59.4 Å². The summed E-state index contributed by atoms with van der Waals surface area (Å²) in [5, 5.41) is 4.97. The van der Waals surface area contributed by atoms with E-state index in [1.165, 1.54) is 18.5 Å². The Kier molecular flexibility index (Phi) is 3.59. The molecule has 0 saturated heterocycles. The Hall–Kier alpha value is -2.99. The molecule has 0 spiro atoms. The number of halogens is 2. The third kappa shape index (κ3) is 2.68. The molecule has 4 aromatic rings. The van der Waals surface area contributed by atoms with E-state index in [1.807, 2.05) is 0 Å². The quantitative estimate of drug-likeness (QED) is 0.532. The number of pyridine rings is 2. The second-order valence-electron chi connectivity index (χ2n) is 4.95. The summed E-state index contributed by atoms with van der Waals surface area (Å²) in [5.74, 6) is 0.365. The molecule has 4 rings (SSSR count). The van der Waals surface area contributed by atoms with Gasteiger partial charge in [-0.05, 0) is 18.2 Å². The summed E-state index contributed by atoms with van der Waals surface area (Å²) in [6, 6.07) is 11.3. The first kappa shape index (κ1) is 14.6. The maximum atomic E-state index is 13.9. The van der Waals surface area contributed by atoms with Gasteiger partial charge in [0.05, 0.1) is 16.6 Å². The van der Waals surface area contributed by atoms with Crippen LogP contribution in [0, 0.1) is 5.82 Å². The van der Waals surface area contributed by atoms with Crippen LogP contribution < -0.4 is 4.74 Å².